The highest BCUT2D eigenvalue weighted by atomic mass is 35.5. The van der Waals surface area contributed by atoms with Gasteiger partial charge in [-0.25, -0.2) is 0 Å². The summed E-state index contributed by atoms with van der Waals surface area (Å²) in [5.74, 6) is -0.0766. The molecule has 2 aromatic carbocycles. The fourth-order valence-corrected chi connectivity index (χ4v) is 4.21. The van der Waals surface area contributed by atoms with Gasteiger partial charge in [-0.1, -0.05) is 35.3 Å². The van der Waals surface area contributed by atoms with Gasteiger partial charge in [-0.3, -0.25) is 9.69 Å². The Labute approximate surface area is 173 Å². The number of nitrogens with zero attached hydrogens (tertiary/aromatic N) is 2. The van der Waals surface area contributed by atoms with Gasteiger partial charge in [-0.15, -0.1) is 0 Å². The number of carbonyl (C=O) groups excluding carboxylic acids is 1. The molecule has 1 aliphatic heterocycles. The number of nitrogens with two attached hydrogens (primary N) is 1. The summed E-state index contributed by atoms with van der Waals surface area (Å²) < 4.78 is 0. The van der Waals surface area contributed by atoms with Gasteiger partial charge in [0.05, 0.1) is 17.6 Å². The molecular formula is C22H17Cl2N3O. The van der Waals surface area contributed by atoms with E-state index in [4.69, 9.17) is 28.9 Å². The Morgan fingerprint density at radius 3 is 2.21 bits per heavy atom. The summed E-state index contributed by atoms with van der Waals surface area (Å²) >= 11 is 12.1. The molecule has 2 N–H and O–H groups in total. The molecule has 4 rings (SSSR count). The zero-order chi connectivity index (χ0) is 19.8. The van der Waals surface area contributed by atoms with Gasteiger partial charge in [-0.2, -0.15) is 5.26 Å². The van der Waals surface area contributed by atoms with Crippen LogP contribution < -0.4 is 10.6 Å². The van der Waals surface area contributed by atoms with Crippen LogP contribution >= 0.6 is 23.2 Å². The average molecular weight is 410 g/mol. The summed E-state index contributed by atoms with van der Waals surface area (Å²) in [5, 5.41) is 11.1. The molecule has 0 radical (unpaired) electrons. The molecule has 2 aliphatic rings. The van der Waals surface area contributed by atoms with Gasteiger partial charge in [0.2, 0.25) is 0 Å². The lowest BCUT2D eigenvalue weighted by atomic mass is 9.75. The van der Waals surface area contributed by atoms with Crippen molar-refractivity contribution in [3.8, 4) is 6.07 Å². The zero-order valence-electron chi connectivity index (χ0n) is 15.0. The van der Waals surface area contributed by atoms with Crippen LogP contribution in [-0.4, -0.2) is 5.78 Å². The van der Waals surface area contributed by atoms with Crippen LogP contribution in [0.1, 0.15) is 30.7 Å². The molecule has 1 aliphatic carbocycles. The SMILES string of the molecule is N#CC1=C(N)N(c2ccc(Cl)cc2)C2=C(C(=O)CCC2)[C@@H]1c1ccc(Cl)cc1. The Balaban J connectivity index is 1.95. The number of anilines is 1. The minimum absolute atomic E-state index is 0.0559. The van der Waals surface area contributed by atoms with Crippen LogP contribution in [0, 0.1) is 11.3 Å². The summed E-state index contributed by atoms with van der Waals surface area (Å²) in [5.41, 5.74) is 9.98. The molecule has 1 atom stereocenters. The molecule has 2 aromatic rings. The average Bonchev–Trinajstić information content (AvgIpc) is 2.69. The van der Waals surface area contributed by atoms with Crippen molar-refractivity contribution >= 4 is 34.7 Å². The summed E-state index contributed by atoms with van der Waals surface area (Å²) in [6.45, 7) is 0. The Morgan fingerprint density at radius 1 is 1.00 bits per heavy atom. The third-order valence-electron chi connectivity index (χ3n) is 5.20. The van der Waals surface area contributed by atoms with Gasteiger partial charge < -0.3 is 5.73 Å². The molecule has 6 heteroatoms. The fourth-order valence-electron chi connectivity index (χ4n) is 3.96. The van der Waals surface area contributed by atoms with Crippen LogP contribution in [0.3, 0.4) is 0 Å². The van der Waals surface area contributed by atoms with Crippen molar-refractivity contribution in [2.24, 2.45) is 5.73 Å². The first-order valence-electron chi connectivity index (χ1n) is 8.98. The van der Waals surface area contributed by atoms with Gasteiger partial charge >= 0.3 is 0 Å². The van der Waals surface area contributed by atoms with Crippen LogP contribution in [0.25, 0.3) is 0 Å². The van der Waals surface area contributed by atoms with Gasteiger partial charge in [0.25, 0.3) is 0 Å². The van der Waals surface area contributed by atoms with Crippen molar-refractivity contribution in [1.29, 1.82) is 5.26 Å². The standard InChI is InChI=1S/C22H17Cl2N3O/c23-14-6-4-13(5-7-14)20-17(12-25)22(26)27(16-10-8-15(24)9-11-16)18-2-1-3-19(28)21(18)20/h4-11,20H,1-3,26H2/t20-/m1/s1. The molecule has 28 heavy (non-hydrogen) atoms. The maximum Gasteiger partial charge on any atom is 0.161 e. The van der Waals surface area contributed by atoms with Gasteiger partial charge in [0, 0.05) is 33.4 Å². The molecule has 0 aromatic heterocycles. The number of allylic oxidation sites excluding steroid dienone is 3. The van der Waals surface area contributed by atoms with Crippen LogP contribution in [-0.2, 0) is 4.79 Å². The van der Waals surface area contributed by atoms with E-state index in [1.165, 1.54) is 0 Å². The second-order valence-electron chi connectivity index (χ2n) is 6.84. The van der Waals surface area contributed by atoms with Crippen molar-refractivity contribution in [2.45, 2.75) is 25.2 Å². The number of rotatable bonds is 2. The highest BCUT2D eigenvalue weighted by Crippen LogP contribution is 2.46. The van der Waals surface area contributed by atoms with Crippen LogP contribution in [0.4, 0.5) is 5.69 Å². The van der Waals surface area contributed by atoms with Crippen molar-refractivity contribution in [1.82, 2.24) is 0 Å². The maximum absolute atomic E-state index is 13.0. The van der Waals surface area contributed by atoms with Gasteiger partial charge in [-0.05, 0) is 54.8 Å². The number of nitriles is 1. The van der Waals surface area contributed by atoms with Crippen molar-refractivity contribution < 1.29 is 4.79 Å². The number of halogens is 2. The van der Waals surface area contributed by atoms with E-state index in [1.807, 2.05) is 29.2 Å². The lowest BCUT2D eigenvalue weighted by molar-refractivity contribution is -0.116. The third-order valence-corrected chi connectivity index (χ3v) is 5.71. The summed E-state index contributed by atoms with van der Waals surface area (Å²) in [7, 11) is 0. The highest BCUT2D eigenvalue weighted by molar-refractivity contribution is 6.30. The minimum atomic E-state index is -0.478. The molecule has 0 unspecified atom stereocenters. The first-order chi connectivity index (χ1) is 13.5. The molecular weight excluding hydrogens is 393 g/mol. The molecule has 4 nitrogen and oxygen atoms in total. The molecule has 0 fully saturated rings. The second kappa shape index (κ2) is 7.35. The fraction of sp³-hybridized carbons (Fsp3) is 0.182. The Hall–Kier alpha value is -2.74. The van der Waals surface area contributed by atoms with Gasteiger partial charge in [0.15, 0.2) is 5.78 Å². The van der Waals surface area contributed by atoms with E-state index in [0.29, 0.717) is 39.9 Å². The lowest BCUT2D eigenvalue weighted by Crippen LogP contribution is -2.38. The molecule has 140 valence electrons. The summed E-state index contributed by atoms with van der Waals surface area (Å²) in [4.78, 5) is 14.8. The Kier molecular flexibility index (Phi) is 4.89. The van der Waals surface area contributed by atoms with Crippen LogP contribution in [0.2, 0.25) is 10.0 Å². The smallest absolute Gasteiger partial charge is 0.161 e. The number of ketones is 1. The maximum atomic E-state index is 13.0. The van der Waals surface area contributed by atoms with Crippen LogP contribution in [0.15, 0.2) is 71.2 Å². The molecule has 0 amide bonds. The van der Waals surface area contributed by atoms with E-state index < -0.39 is 5.92 Å². The minimum Gasteiger partial charge on any atom is -0.384 e. The number of hydrogen-bond acceptors (Lipinski definition) is 4. The molecule has 0 bridgehead atoms. The molecule has 0 saturated heterocycles. The Morgan fingerprint density at radius 2 is 1.61 bits per heavy atom. The van der Waals surface area contributed by atoms with E-state index >= 15 is 0 Å². The van der Waals surface area contributed by atoms with Gasteiger partial charge in [0.1, 0.15) is 5.82 Å². The Bertz CT molecular complexity index is 1050. The first-order valence-corrected chi connectivity index (χ1v) is 9.74. The number of carbonyl (C=O) groups is 1. The molecule has 0 spiro atoms. The normalized spacial score (nSPS) is 19.5. The second-order valence-corrected chi connectivity index (χ2v) is 7.72. The quantitative estimate of drug-likeness (QED) is 0.730. The molecule has 0 saturated carbocycles. The largest absolute Gasteiger partial charge is 0.384 e. The first kappa shape index (κ1) is 18.6. The van der Waals surface area contributed by atoms with E-state index in [-0.39, 0.29) is 5.78 Å². The highest BCUT2D eigenvalue weighted by Gasteiger charge is 2.40. The zero-order valence-corrected chi connectivity index (χ0v) is 16.5. The number of hydrogen-bond donors (Lipinski definition) is 1. The predicted octanol–water partition coefficient (Wildman–Crippen LogP) is 5.30. The van der Waals surface area contributed by atoms with Crippen molar-refractivity contribution in [2.75, 3.05) is 4.90 Å². The van der Waals surface area contributed by atoms with Crippen molar-refractivity contribution in [3.63, 3.8) is 0 Å². The monoisotopic (exact) mass is 409 g/mol. The van der Waals surface area contributed by atoms with Crippen molar-refractivity contribution in [3.05, 3.63) is 86.8 Å². The summed E-state index contributed by atoms with van der Waals surface area (Å²) in [6, 6.07) is 16.7. The predicted molar refractivity (Wildman–Crippen MR) is 111 cm³/mol. The number of benzene rings is 2. The lowest BCUT2D eigenvalue weighted by Gasteiger charge is -2.39. The third kappa shape index (κ3) is 3.07. The summed E-state index contributed by atoms with van der Waals surface area (Å²) in [6.07, 6.45) is 1.94. The van der Waals surface area contributed by atoms with Crippen LogP contribution in [0.5, 0.6) is 0 Å². The van der Waals surface area contributed by atoms with E-state index in [0.717, 1.165) is 23.4 Å². The van der Waals surface area contributed by atoms with E-state index in [1.54, 1.807) is 24.3 Å². The number of Topliss-reactive ketones (excluding diaryl/α,β-unsaturated/α-hetero) is 1. The van der Waals surface area contributed by atoms with E-state index in [9.17, 15) is 10.1 Å². The van der Waals surface area contributed by atoms with E-state index in [2.05, 4.69) is 6.07 Å². The molecule has 1 heterocycles. The topological polar surface area (TPSA) is 70.1 Å².